The molecule has 3 heteroatoms. The molecule has 108 valence electrons. The van der Waals surface area contributed by atoms with Crippen molar-refractivity contribution >= 4 is 17.4 Å². The van der Waals surface area contributed by atoms with Gasteiger partial charge in [-0.2, -0.15) is 0 Å². The first kappa shape index (κ1) is 14.8. The van der Waals surface area contributed by atoms with Gasteiger partial charge in [0.1, 0.15) is 0 Å². The van der Waals surface area contributed by atoms with Crippen LogP contribution in [0.25, 0.3) is 0 Å². The predicted octanol–water partition coefficient (Wildman–Crippen LogP) is 3.84. The lowest BCUT2D eigenvalue weighted by molar-refractivity contribution is -0.117. The molecule has 1 heterocycles. The van der Waals surface area contributed by atoms with Crippen LogP contribution in [0.15, 0.2) is 12.1 Å². The number of carbonyl (C=O) groups excluding carboxylic acids is 2. The molecule has 0 bridgehead atoms. The molecular formula is C17H23NO2. The third kappa shape index (κ3) is 2.15. The number of benzene rings is 1. The number of amides is 1. The number of hydrogen-bond donors (Lipinski definition) is 0. The van der Waals surface area contributed by atoms with Crippen LogP contribution in [0.3, 0.4) is 0 Å². The number of hydrogen-bond acceptors (Lipinski definition) is 2. The average Bonchev–Trinajstić information content (AvgIpc) is 2.28. The number of anilines is 1. The molecule has 1 aromatic carbocycles. The largest absolute Gasteiger partial charge is 0.307 e. The van der Waals surface area contributed by atoms with Gasteiger partial charge in [-0.25, -0.2) is 0 Å². The SMILES string of the molecule is CC(=O)c1ccc2c(c1C)N(C(C)=O)C(C)(C)C[C@H]2C. The van der Waals surface area contributed by atoms with Gasteiger partial charge in [0.25, 0.3) is 0 Å². The molecule has 0 unspecified atom stereocenters. The molecule has 2 rings (SSSR count). The number of carbonyl (C=O) groups is 2. The number of rotatable bonds is 1. The van der Waals surface area contributed by atoms with Gasteiger partial charge in [-0.3, -0.25) is 9.59 Å². The lowest BCUT2D eigenvalue weighted by Gasteiger charge is -2.46. The van der Waals surface area contributed by atoms with Crippen molar-refractivity contribution in [3.05, 3.63) is 28.8 Å². The van der Waals surface area contributed by atoms with Gasteiger partial charge in [0, 0.05) is 18.0 Å². The molecule has 0 radical (unpaired) electrons. The summed E-state index contributed by atoms with van der Waals surface area (Å²) < 4.78 is 0. The minimum Gasteiger partial charge on any atom is -0.307 e. The molecule has 20 heavy (non-hydrogen) atoms. The Balaban J connectivity index is 2.77. The van der Waals surface area contributed by atoms with E-state index in [1.807, 2.05) is 24.0 Å². The molecule has 1 aliphatic rings. The van der Waals surface area contributed by atoms with Crippen LogP contribution in [-0.4, -0.2) is 17.2 Å². The van der Waals surface area contributed by atoms with Gasteiger partial charge in [0.2, 0.25) is 5.91 Å². The van der Waals surface area contributed by atoms with Crippen LogP contribution in [0.1, 0.15) is 68.4 Å². The molecule has 3 nitrogen and oxygen atoms in total. The average molecular weight is 273 g/mol. The normalized spacial score (nSPS) is 20.5. The van der Waals surface area contributed by atoms with Gasteiger partial charge in [0.05, 0.1) is 5.69 Å². The molecule has 1 aliphatic heterocycles. The van der Waals surface area contributed by atoms with E-state index in [-0.39, 0.29) is 17.2 Å². The summed E-state index contributed by atoms with van der Waals surface area (Å²) in [5, 5.41) is 0. The quantitative estimate of drug-likeness (QED) is 0.729. The van der Waals surface area contributed by atoms with Crippen LogP contribution in [0.4, 0.5) is 5.69 Å². The van der Waals surface area contributed by atoms with Gasteiger partial charge in [-0.15, -0.1) is 0 Å². The van der Waals surface area contributed by atoms with E-state index >= 15 is 0 Å². The van der Waals surface area contributed by atoms with Crippen LogP contribution in [0.2, 0.25) is 0 Å². The minimum atomic E-state index is -0.224. The Morgan fingerprint density at radius 1 is 1.25 bits per heavy atom. The van der Waals surface area contributed by atoms with Crippen molar-refractivity contribution in [3.63, 3.8) is 0 Å². The van der Waals surface area contributed by atoms with Gasteiger partial charge in [-0.05, 0) is 51.2 Å². The van der Waals surface area contributed by atoms with Gasteiger partial charge < -0.3 is 4.90 Å². The second-order valence-corrected chi connectivity index (χ2v) is 6.50. The zero-order valence-electron chi connectivity index (χ0n) is 13.2. The van der Waals surface area contributed by atoms with Crippen LogP contribution in [-0.2, 0) is 4.79 Å². The molecule has 0 saturated carbocycles. The number of ketones is 1. The van der Waals surface area contributed by atoms with E-state index in [0.717, 1.165) is 17.7 Å². The number of nitrogens with zero attached hydrogens (tertiary/aromatic N) is 1. The van der Waals surface area contributed by atoms with Crippen LogP contribution >= 0.6 is 0 Å². The molecular weight excluding hydrogens is 250 g/mol. The fourth-order valence-corrected chi connectivity index (χ4v) is 3.63. The highest BCUT2D eigenvalue weighted by Crippen LogP contribution is 2.45. The maximum atomic E-state index is 12.2. The summed E-state index contributed by atoms with van der Waals surface area (Å²) in [5.41, 5.74) is 3.51. The predicted molar refractivity (Wildman–Crippen MR) is 81.5 cm³/mol. The van der Waals surface area contributed by atoms with Crippen molar-refractivity contribution in [2.75, 3.05) is 4.90 Å². The van der Waals surface area contributed by atoms with Gasteiger partial charge in [0.15, 0.2) is 5.78 Å². The summed E-state index contributed by atoms with van der Waals surface area (Å²) >= 11 is 0. The monoisotopic (exact) mass is 273 g/mol. The van der Waals surface area contributed by atoms with Crippen LogP contribution in [0.5, 0.6) is 0 Å². The Morgan fingerprint density at radius 2 is 1.85 bits per heavy atom. The topological polar surface area (TPSA) is 37.4 Å². The smallest absolute Gasteiger partial charge is 0.224 e. The third-order valence-corrected chi connectivity index (χ3v) is 4.32. The van der Waals surface area contributed by atoms with Gasteiger partial charge >= 0.3 is 0 Å². The lowest BCUT2D eigenvalue weighted by atomic mass is 9.78. The van der Waals surface area contributed by atoms with E-state index in [1.165, 1.54) is 5.56 Å². The second kappa shape index (κ2) is 4.72. The summed E-state index contributed by atoms with van der Waals surface area (Å²) in [6.45, 7) is 11.5. The molecule has 0 fully saturated rings. The maximum absolute atomic E-state index is 12.2. The second-order valence-electron chi connectivity index (χ2n) is 6.50. The van der Waals surface area contributed by atoms with Gasteiger partial charge in [-0.1, -0.05) is 19.1 Å². The van der Waals surface area contributed by atoms with E-state index in [2.05, 4.69) is 20.8 Å². The lowest BCUT2D eigenvalue weighted by Crippen LogP contribution is -2.51. The van der Waals surface area contributed by atoms with Crippen molar-refractivity contribution in [1.29, 1.82) is 0 Å². The first-order chi connectivity index (χ1) is 9.16. The Kier molecular flexibility index (Phi) is 3.49. The first-order valence-electron chi connectivity index (χ1n) is 7.12. The van der Waals surface area contributed by atoms with Crippen molar-refractivity contribution in [2.45, 2.75) is 59.4 Å². The first-order valence-corrected chi connectivity index (χ1v) is 7.12. The highest BCUT2D eigenvalue weighted by atomic mass is 16.2. The molecule has 0 aliphatic carbocycles. The fourth-order valence-electron chi connectivity index (χ4n) is 3.63. The zero-order valence-corrected chi connectivity index (χ0v) is 13.2. The summed E-state index contributed by atoms with van der Waals surface area (Å²) in [6.07, 6.45) is 0.929. The molecule has 0 saturated heterocycles. The molecule has 0 spiro atoms. The third-order valence-electron chi connectivity index (χ3n) is 4.32. The Bertz CT molecular complexity index is 587. The highest BCUT2D eigenvalue weighted by Gasteiger charge is 2.39. The van der Waals surface area contributed by atoms with Crippen molar-refractivity contribution in [2.24, 2.45) is 0 Å². The van der Waals surface area contributed by atoms with Crippen LogP contribution in [0, 0.1) is 6.92 Å². The number of Topliss-reactive ketones (excluding diaryl/α,β-unsaturated/α-hetero) is 1. The molecule has 1 amide bonds. The molecule has 1 atom stereocenters. The van der Waals surface area contributed by atoms with E-state index in [4.69, 9.17) is 0 Å². The van der Waals surface area contributed by atoms with Crippen LogP contribution < -0.4 is 4.90 Å². The Hall–Kier alpha value is -1.64. The van der Waals surface area contributed by atoms with E-state index in [9.17, 15) is 9.59 Å². The Labute approximate surface area is 121 Å². The number of fused-ring (bicyclic) bond motifs is 1. The summed E-state index contributed by atoms with van der Waals surface area (Å²) in [5.74, 6) is 0.465. The minimum absolute atomic E-state index is 0.0342. The van der Waals surface area contributed by atoms with Crippen molar-refractivity contribution < 1.29 is 9.59 Å². The van der Waals surface area contributed by atoms with Crippen molar-refractivity contribution in [1.82, 2.24) is 0 Å². The summed E-state index contributed by atoms with van der Waals surface area (Å²) in [7, 11) is 0. The Morgan fingerprint density at radius 3 is 2.35 bits per heavy atom. The molecule has 1 aromatic rings. The zero-order chi connectivity index (χ0) is 15.2. The van der Waals surface area contributed by atoms with Crippen molar-refractivity contribution in [3.8, 4) is 0 Å². The summed E-state index contributed by atoms with van der Waals surface area (Å²) in [6, 6.07) is 3.90. The molecule has 0 N–H and O–H groups in total. The standard InChI is InChI=1S/C17H23NO2/c1-10-9-17(5,6)18(13(4)20)16-11(2)15(12(3)19)8-7-14(10)16/h7-8,10H,9H2,1-6H3/t10-/m1/s1. The van der Waals surface area contributed by atoms with E-state index < -0.39 is 0 Å². The fraction of sp³-hybridized carbons (Fsp3) is 0.529. The maximum Gasteiger partial charge on any atom is 0.224 e. The highest BCUT2D eigenvalue weighted by molar-refractivity contribution is 6.01. The van der Waals surface area contributed by atoms with E-state index in [0.29, 0.717) is 11.5 Å². The summed E-state index contributed by atoms with van der Waals surface area (Å²) in [4.78, 5) is 25.8. The molecule has 0 aromatic heterocycles. The van der Waals surface area contributed by atoms with E-state index in [1.54, 1.807) is 13.8 Å².